The molecule has 4 heterocycles. The van der Waals surface area contributed by atoms with Gasteiger partial charge in [0.1, 0.15) is 4.70 Å². The van der Waals surface area contributed by atoms with Crippen LogP contribution in [0.1, 0.15) is 24.0 Å². The fourth-order valence-corrected chi connectivity index (χ4v) is 4.74. The zero-order valence-corrected chi connectivity index (χ0v) is 16.9. The summed E-state index contributed by atoms with van der Waals surface area (Å²) in [6.45, 7) is 0.730. The Morgan fingerprint density at radius 2 is 2.06 bits per heavy atom. The van der Waals surface area contributed by atoms with Gasteiger partial charge in [-0.05, 0) is 42.0 Å². The van der Waals surface area contributed by atoms with E-state index in [0.29, 0.717) is 16.8 Å². The van der Waals surface area contributed by atoms with Crippen LogP contribution < -0.4 is 11.2 Å². The van der Waals surface area contributed by atoms with Gasteiger partial charge in [0.25, 0.3) is 5.56 Å². The molecule has 1 saturated heterocycles. The van der Waals surface area contributed by atoms with Gasteiger partial charge in [-0.2, -0.15) is 13.2 Å². The molecular formula is C20H17F3N4O3S. The van der Waals surface area contributed by atoms with Gasteiger partial charge in [-0.1, -0.05) is 12.1 Å². The lowest BCUT2D eigenvalue weighted by molar-refractivity contribution is -0.137. The first-order valence-corrected chi connectivity index (χ1v) is 10.6. The van der Waals surface area contributed by atoms with Crippen molar-refractivity contribution in [1.82, 2.24) is 18.7 Å². The summed E-state index contributed by atoms with van der Waals surface area (Å²) >= 11 is 1.23. The average Bonchev–Trinajstić information content (AvgIpc) is 3.46. The summed E-state index contributed by atoms with van der Waals surface area (Å²) in [5, 5.41) is 6.05. The van der Waals surface area contributed by atoms with E-state index in [1.807, 2.05) is 0 Å². The van der Waals surface area contributed by atoms with Gasteiger partial charge in [-0.3, -0.25) is 9.36 Å². The average molecular weight is 450 g/mol. The first-order valence-electron chi connectivity index (χ1n) is 9.70. The summed E-state index contributed by atoms with van der Waals surface area (Å²) in [5.41, 5.74) is -0.845. The monoisotopic (exact) mass is 450 g/mol. The first-order chi connectivity index (χ1) is 14.8. The molecule has 1 aliphatic heterocycles. The van der Waals surface area contributed by atoms with E-state index in [9.17, 15) is 22.8 Å². The molecular weight excluding hydrogens is 433 g/mol. The highest BCUT2D eigenvalue weighted by Crippen LogP contribution is 2.29. The van der Waals surface area contributed by atoms with Crippen molar-refractivity contribution < 1.29 is 17.9 Å². The molecule has 3 aromatic heterocycles. The lowest BCUT2D eigenvalue weighted by atomic mass is 10.1. The number of rotatable bonds is 4. The van der Waals surface area contributed by atoms with E-state index in [1.165, 1.54) is 32.4 Å². The van der Waals surface area contributed by atoms with Gasteiger partial charge in [0.2, 0.25) is 5.78 Å². The minimum atomic E-state index is -4.48. The largest absolute Gasteiger partial charge is 0.416 e. The predicted octanol–water partition coefficient (Wildman–Crippen LogP) is 3.12. The Morgan fingerprint density at radius 3 is 2.81 bits per heavy atom. The van der Waals surface area contributed by atoms with Crippen LogP contribution in [0.3, 0.4) is 0 Å². The molecule has 0 spiro atoms. The zero-order valence-electron chi connectivity index (χ0n) is 16.1. The van der Waals surface area contributed by atoms with E-state index in [-0.39, 0.29) is 36.1 Å². The topological polar surface area (TPSA) is 70.5 Å². The Bertz CT molecular complexity index is 1390. The van der Waals surface area contributed by atoms with Crippen LogP contribution in [-0.4, -0.2) is 31.5 Å². The van der Waals surface area contributed by atoms with Gasteiger partial charge in [0.15, 0.2) is 0 Å². The number of thiophene rings is 1. The number of aromatic nitrogens is 4. The summed E-state index contributed by atoms with van der Waals surface area (Å²) in [7, 11) is 0. The second-order valence-electron chi connectivity index (χ2n) is 7.46. The molecule has 0 saturated carbocycles. The van der Waals surface area contributed by atoms with E-state index in [4.69, 9.17) is 4.74 Å². The maximum atomic E-state index is 13.1. The number of hydrogen-bond acceptors (Lipinski definition) is 5. The van der Waals surface area contributed by atoms with Crippen molar-refractivity contribution in [3.63, 3.8) is 0 Å². The molecule has 5 rings (SSSR count). The van der Waals surface area contributed by atoms with Crippen molar-refractivity contribution in [2.45, 2.75) is 38.2 Å². The lowest BCUT2D eigenvalue weighted by Crippen LogP contribution is -2.29. The van der Waals surface area contributed by atoms with Crippen LogP contribution in [-0.2, 0) is 24.0 Å². The number of benzene rings is 1. The summed E-state index contributed by atoms with van der Waals surface area (Å²) in [5.74, 6) is 0.156. The first kappa shape index (κ1) is 20.0. The Kier molecular flexibility index (Phi) is 4.74. The molecule has 1 aromatic carbocycles. The van der Waals surface area contributed by atoms with Crippen molar-refractivity contribution in [3.05, 3.63) is 67.7 Å². The van der Waals surface area contributed by atoms with Gasteiger partial charge in [0, 0.05) is 6.61 Å². The normalized spacial score (nSPS) is 17.2. The van der Waals surface area contributed by atoms with Crippen LogP contribution in [0.25, 0.3) is 16.0 Å². The van der Waals surface area contributed by atoms with Crippen LogP contribution in [0.2, 0.25) is 0 Å². The fourth-order valence-electron chi connectivity index (χ4n) is 3.91. The third kappa shape index (κ3) is 3.47. The van der Waals surface area contributed by atoms with Gasteiger partial charge >= 0.3 is 11.9 Å². The zero-order chi connectivity index (χ0) is 21.8. The van der Waals surface area contributed by atoms with Crippen molar-refractivity contribution >= 4 is 27.3 Å². The highest BCUT2D eigenvalue weighted by molar-refractivity contribution is 7.17. The Labute approximate surface area is 176 Å². The number of fused-ring (bicyclic) bond motifs is 3. The molecule has 1 fully saturated rings. The number of halogens is 3. The van der Waals surface area contributed by atoms with Crippen LogP contribution in [0, 0.1) is 0 Å². The number of hydrogen-bond donors (Lipinski definition) is 0. The Morgan fingerprint density at radius 1 is 1.23 bits per heavy atom. The lowest BCUT2D eigenvalue weighted by Gasteiger charge is -2.12. The molecule has 11 heteroatoms. The molecule has 0 N–H and O–H groups in total. The van der Waals surface area contributed by atoms with Crippen LogP contribution in [0.5, 0.6) is 0 Å². The molecule has 162 valence electrons. The van der Waals surface area contributed by atoms with Crippen molar-refractivity contribution in [2.75, 3.05) is 6.61 Å². The second kappa shape index (κ2) is 7.34. The highest BCUT2D eigenvalue weighted by atomic mass is 32.1. The third-order valence-corrected chi connectivity index (χ3v) is 6.28. The van der Waals surface area contributed by atoms with E-state index in [1.54, 1.807) is 11.4 Å². The molecule has 7 nitrogen and oxygen atoms in total. The van der Waals surface area contributed by atoms with Crippen molar-refractivity contribution in [1.29, 1.82) is 0 Å². The number of nitrogens with zero attached hydrogens (tertiary/aromatic N) is 4. The molecule has 0 bridgehead atoms. The number of ether oxygens (including phenoxy) is 1. The van der Waals surface area contributed by atoms with E-state index in [2.05, 4.69) is 5.10 Å². The molecule has 0 radical (unpaired) electrons. The molecule has 31 heavy (non-hydrogen) atoms. The Hall–Kier alpha value is -2.92. The van der Waals surface area contributed by atoms with E-state index < -0.39 is 17.4 Å². The molecule has 0 aliphatic carbocycles. The van der Waals surface area contributed by atoms with Crippen LogP contribution in [0.15, 0.2) is 45.3 Å². The fraction of sp³-hybridized carbons (Fsp3) is 0.350. The standard InChI is InChI=1S/C20H17F3N4O3S/c21-20(22,23)13-4-1-3-12(9-13)10-26-19(29)27-15-6-8-31-16(15)17(28)25(18(27)24-26)11-14-5-2-7-30-14/h1,3-4,6,8-9,14H,2,5,7,10-11H2/t14-/m1/s1. The van der Waals surface area contributed by atoms with Crippen LogP contribution >= 0.6 is 11.3 Å². The predicted molar refractivity (Wildman–Crippen MR) is 109 cm³/mol. The van der Waals surface area contributed by atoms with Crippen molar-refractivity contribution in [2.24, 2.45) is 0 Å². The SMILES string of the molecule is O=c1c2sccc2n2c(=O)n(Cc3cccc(C(F)(F)F)c3)nc2n1C[C@H]1CCCO1. The minimum absolute atomic E-state index is 0.149. The van der Waals surface area contributed by atoms with Crippen LogP contribution in [0.4, 0.5) is 13.2 Å². The van der Waals surface area contributed by atoms with Gasteiger partial charge in [-0.15, -0.1) is 16.4 Å². The molecule has 0 unspecified atom stereocenters. The quantitative estimate of drug-likeness (QED) is 0.479. The smallest absolute Gasteiger partial charge is 0.376 e. The molecule has 0 amide bonds. The third-order valence-electron chi connectivity index (χ3n) is 5.39. The summed E-state index contributed by atoms with van der Waals surface area (Å²) in [6.07, 6.45) is -2.93. The highest BCUT2D eigenvalue weighted by Gasteiger charge is 2.30. The van der Waals surface area contributed by atoms with Gasteiger partial charge in [0.05, 0.1) is 30.3 Å². The van der Waals surface area contributed by atoms with Crippen molar-refractivity contribution in [3.8, 4) is 0 Å². The molecule has 1 aliphatic rings. The van der Waals surface area contributed by atoms with Gasteiger partial charge < -0.3 is 4.74 Å². The Balaban J connectivity index is 1.65. The number of alkyl halides is 3. The second-order valence-corrected chi connectivity index (χ2v) is 8.38. The summed E-state index contributed by atoms with van der Waals surface area (Å²) < 4.78 is 49.1. The maximum absolute atomic E-state index is 13.1. The summed E-state index contributed by atoms with van der Waals surface area (Å²) in [4.78, 5) is 26.2. The molecule has 1 atom stereocenters. The van der Waals surface area contributed by atoms with E-state index >= 15 is 0 Å². The maximum Gasteiger partial charge on any atom is 0.416 e. The summed E-state index contributed by atoms with van der Waals surface area (Å²) in [6, 6.07) is 6.44. The molecule has 4 aromatic rings. The minimum Gasteiger partial charge on any atom is -0.376 e. The van der Waals surface area contributed by atoms with E-state index in [0.717, 1.165) is 29.7 Å². The van der Waals surface area contributed by atoms with Gasteiger partial charge in [-0.25, -0.2) is 13.9 Å².